The number of nitrogens with zero attached hydrogens (tertiary/aromatic N) is 1. The molecule has 84 valence electrons. The summed E-state index contributed by atoms with van der Waals surface area (Å²) in [5.74, 6) is -0.349. The Balaban J connectivity index is 2.59. The summed E-state index contributed by atoms with van der Waals surface area (Å²) in [6, 6.07) is 2.80. The van der Waals surface area contributed by atoms with Gasteiger partial charge in [-0.3, -0.25) is 4.98 Å². The third-order valence-corrected chi connectivity index (χ3v) is 2.37. The molecular weight excluding hydrogens is 197 g/mol. The molecule has 3 nitrogen and oxygen atoms in total. The van der Waals surface area contributed by atoms with Crippen LogP contribution in [0.4, 0.5) is 4.39 Å². The van der Waals surface area contributed by atoms with Crippen LogP contribution in [0.2, 0.25) is 0 Å². The first-order valence-electron chi connectivity index (χ1n) is 4.93. The van der Waals surface area contributed by atoms with Crippen molar-refractivity contribution in [2.45, 2.75) is 19.4 Å². The SMILES string of the molecule is COCCC(C)C(O)c1ccc(F)cn1. The summed E-state index contributed by atoms with van der Waals surface area (Å²) in [6.07, 6.45) is 1.19. The van der Waals surface area contributed by atoms with E-state index < -0.39 is 11.9 Å². The molecule has 2 atom stereocenters. The van der Waals surface area contributed by atoms with Crippen LogP contribution < -0.4 is 0 Å². The molecule has 0 bridgehead atoms. The number of hydrogen-bond donors (Lipinski definition) is 1. The molecule has 0 radical (unpaired) electrons. The van der Waals surface area contributed by atoms with E-state index in [9.17, 15) is 9.50 Å². The number of ether oxygens (including phenoxy) is 1. The number of pyridine rings is 1. The maximum Gasteiger partial charge on any atom is 0.141 e. The van der Waals surface area contributed by atoms with Crippen molar-refractivity contribution in [3.8, 4) is 0 Å². The van der Waals surface area contributed by atoms with Crippen molar-refractivity contribution in [2.75, 3.05) is 13.7 Å². The number of rotatable bonds is 5. The van der Waals surface area contributed by atoms with Crippen molar-refractivity contribution in [1.29, 1.82) is 0 Å². The number of aliphatic hydroxyl groups is 1. The van der Waals surface area contributed by atoms with Gasteiger partial charge >= 0.3 is 0 Å². The fourth-order valence-corrected chi connectivity index (χ4v) is 1.32. The summed E-state index contributed by atoms with van der Waals surface area (Å²) >= 11 is 0. The summed E-state index contributed by atoms with van der Waals surface area (Å²) in [4.78, 5) is 3.84. The van der Waals surface area contributed by atoms with Gasteiger partial charge in [0.25, 0.3) is 0 Å². The molecule has 0 saturated heterocycles. The number of halogens is 1. The molecule has 0 saturated carbocycles. The van der Waals surface area contributed by atoms with Gasteiger partial charge in [-0.2, -0.15) is 0 Å². The van der Waals surface area contributed by atoms with Gasteiger partial charge in [0.05, 0.1) is 18.0 Å². The van der Waals surface area contributed by atoms with Crippen LogP contribution in [0.1, 0.15) is 25.1 Å². The van der Waals surface area contributed by atoms with Crippen LogP contribution >= 0.6 is 0 Å². The van der Waals surface area contributed by atoms with E-state index in [0.29, 0.717) is 12.3 Å². The molecule has 0 aliphatic heterocycles. The van der Waals surface area contributed by atoms with E-state index in [2.05, 4.69) is 4.98 Å². The first-order chi connectivity index (χ1) is 7.15. The zero-order chi connectivity index (χ0) is 11.3. The molecule has 1 heterocycles. The van der Waals surface area contributed by atoms with Crippen LogP contribution in [0.3, 0.4) is 0 Å². The molecule has 0 aromatic carbocycles. The Labute approximate surface area is 88.9 Å². The monoisotopic (exact) mass is 213 g/mol. The molecule has 1 aromatic heterocycles. The summed E-state index contributed by atoms with van der Waals surface area (Å²) in [6.45, 7) is 2.51. The number of hydrogen-bond acceptors (Lipinski definition) is 3. The molecule has 0 fully saturated rings. The van der Waals surface area contributed by atoms with E-state index in [1.165, 1.54) is 12.1 Å². The van der Waals surface area contributed by atoms with Gasteiger partial charge in [0.15, 0.2) is 0 Å². The first kappa shape index (κ1) is 12.1. The van der Waals surface area contributed by atoms with Gasteiger partial charge in [-0.15, -0.1) is 0 Å². The second-order valence-electron chi connectivity index (χ2n) is 3.60. The minimum Gasteiger partial charge on any atom is -0.387 e. The molecule has 0 spiro atoms. The number of methoxy groups -OCH3 is 1. The van der Waals surface area contributed by atoms with E-state index in [1.807, 2.05) is 6.92 Å². The van der Waals surface area contributed by atoms with Crippen LogP contribution in [0.25, 0.3) is 0 Å². The van der Waals surface area contributed by atoms with E-state index >= 15 is 0 Å². The number of aliphatic hydroxyl groups excluding tert-OH is 1. The highest BCUT2D eigenvalue weighted by Crippen LogP contribution is 2.22. The van der Waals surface area contributed by atoms with Crippen molar-refractivity contribution in [2.24, 2.45) is 5.92 Å². The van der Waals surface area contributed by atoms with Crippen LogP contribution in [-0.2, 0) is 4.74 Å². The topological polar surface area (TPSA) is 42.4 Å². The van der Waals surface area contributed by atoms with Crippen LogP contribution in [-0.4, -0.2) is 23.8 Å². The highest BCUT2D eigenvalue weighted by atomic mass is 19.1. The normalized spacial score (nSPS) is 14.9. The average molecular weight is 213 g/mol. The maximum absolute atomic E-state index is 12.6. The molecule has 1 aromatic rings. The fourth-order valence-electron chi connectivity index (χ4n) is 1.32. The first-order valence-corrected chi connectivity index (χ1v) is 4.93. The van der Waals surface area contributed by atoms with Gasteiger partial charge in [0, 0.05) is 13.7 Å². The predicted octanol–water partition coefficient (Wildman–Crippen LogP) is 1.93. The zero-order valence-electron chi connectivity index (χ0n) is 8.98. The Bertz CT molecular complexity index is 289. The molecule has 0 aliphatic rings. The van der Waals surface area contributed by atoms with Gasteiger partial charge in [0.1, 0.15) is 5.82 Å². The molecule has 15 heavy (non-hydrogen) atoms. The summed E-state index contributed by atoms with van der Waals surface area (Å²) in [5.41, 5.74) is 0.500. The summed E-state index contributed by atoms with van der Waals surface area (Å²) < 4.78 is 17.5. The standard InChI is InChI=1S/C11H16FNO2/c1-8(5-6-15-2)11(14)10-4-3-9(12)7-13-10/h3-4,7-8,11,14H,5-6H2,1-2H3. The highest BCUT2D eigenvalue weighted by molar-refractivity contribution is 5.08. The summed E-state index contributed by atoms with van der Waals surface area (Å²) in [7, 11) is 1.62. The van der Waals surface area contributed by atoms with Crippen molar-refractivity contribution >= 4 is 0 Å². The Morgan fingerprint density at radius 2 is 2.27 bits per heavy atom. The van der Waals surface area contributed by atoms with Gasteiger partial charge in [-0.25, -0.2) is 4.39 Å². The molecule has 1 N–H and O–H groups in total. The lowest BCUT2D eigenvalue weighted by Gasteiger charge is -2.17. The lowest BCUT2D eigenvalue weighted by molar-refractivity contribution is 0.0854. The Hall–Kier alpha value is -1.00. The van der Waals surface area contributed by atoms with Gasteiger partial charge in [0.2, 0.25) is 0 Å². The third kappa shape index (κ3) is 3.57. The minimum atomic E-state index is -0.666. The second kappa shape index (κ2) is 5.78. The average Bonchev–Trinajstić information content (AvgIpc) is 2.26. The van der Waals surface area contributed by atoms with Crippen LogP contribution in [0.5, 0.6) is 0 Å². The zero-order valence-corrected chi connectivity index (χ0v) is 8.98. The van der Waals surface area contributed by atoms with E-state index in [-0.39, 0.29) is 5.92 Å². The minimum absolute atomic E-state index is 0.0444. The van der Waals surface area contributed by atoms with E-state index in [4.69, 9.17) is 4.74 Å². The molecule has 0 aliphatic carbocycles. The Morgan fingerprint density at radius 1 is 1.53 bits per heavy atom. The molecular formula is C11H16FNO2. The summed E-state index contributed by atoms with van der Waals surface area (Å²) in [5, 5.41) is 9.87. The molecule has 1 rings (SSSR count). The van der Waals surface area contributed by atoms with Crippen molar-refractivity contribution in [1.82, 2.24) is 4.98 Å². The lowest BCUT2D eigenvalue weighted by atomic mass is 9.98. The Morgan fingerprint density at radius 3 is 2.80 bits per heavy atom. The van der Waals surface area contributed by atoms with Gasteiger partial charge < -0.3 is 9.84 Å². The smallest absolute Gasteiger partial charge is 0.141 e. The van der Waals surface area contributed by atoms with Crippen molar-refractivity contribution in [3.63, 3.8) is 0 Å². The second-order valence-corrected chi connectivity index (χ2v) is 3.60. The van der Waals surface area contributed by atoms with Crippen molar-refractivity contribution in [3.05, 3.63) is 29.8 Å². The predicted molar refractivity (Wildman–Crippen MR) is 54.8 cm³/mol. The fraction of sp³-hybridized carbons (Fsp3) is 0.545. The molecule has 4 heteroatoms. The van der Waals surface area contributed by atoms with Crippen LogP contribution in [0.15, 0.2) is 18.3 Å². The van der Waals surface area contributed by atoms with Gasteiger partial charge in [-0.05, 0) is 24.5 Å². The quantitative estimate of drug-likeness (QED) is 0.812. The van der Waals surface area contributed by atoms with E-state index in [1.54, 1.807) is 7.11 Å². The Kier molecular flexibility index (Phi) is 4.65. The number of aromatic nitrogens is 1. The molecule has 2 unspecified atom stereocenters. The van der Waals surface area contributed by atoms with E-state index in [0.717, 1.165) is 12.6 Å². The molecule has 0 amide bonds. The highest BCUT2D eigenvalue weighted by Gasteiger charge is 2.17. The maximum atomic E-state index is 12.6. The largest absolute Gasteiger partial charge is 0.387 e. The van der Waals surface area contributed by atoms with Gasteiger partial charge in [-0.1, -0.05) is 6.92 Å². The lowest BCUT2D eigenvalue weighted by Crippen LogP contribution is -2.12. The van der Waals surface area contributed by atoms with Crippen LogP contribution in [0, 0.1) is 11.7 Å². The third-order valence-electron chi connectivity index (χ3n) is 2.37. The van der Waals surface area contributed by atoms with Crippen molar-refractivity contribution < 1.29 is 14.2 Å².